The minimum atomic E-state index is -4.19. The smallest absolute Gasteiger partial charge is 0.408 e. The lowest BCUT2D eigenvalue weighted by atomic mass is 9.85. The molecule has 0 spiro atoms. The molecule has 3 heterocycles. The number of ether oxygens (including phenoxy) is 3. The lowest BCUT2D eigenvalue weighted by molar-refractivity contribution is -0.143. The summed E-state index contributed by atoms with van der Waals surface area (Å²) in [5, 5.41) is 5.51. The van der Waals surface area contributed by atoms with Crippen molar-refractivity contribution in [3.8, 4) is 11.6 Å². The molecule has 0 unspecified atom stereocenters. The molecular formula is C43H58F2N6O9S. The molecule has 1 aromatic heterocycles. The zero-order valence-corrected chi connectivity index (χ0v) is 36.5. The summed E-state index contributed by atoms with van der Waals surface area (Å²) in [5.41, 5.74) is -1.10. The average molecular weight is 873 g/mol. The maximum atomic E-state index is 15.0. The van der Waals surface area contributed by atoms with Crippen LogP contribution >= 0.6 is 0 Å². The van der Waals surface area contributed by atoms with Crippen LogP contribution in [0, 0.1) is 35.0 Å². The number of nitrogens with one attached hydrogen (secondary N) is 3. The molecule has 5 fully saturated rings. The molecule has 2 bridgehead atoms. The molecule has 15 nitrogen and oxygen atoms in total. The molecule has 2 aromatic rings. The summed E-state index contributed by atoms with van der Waals surface area (Å²) < 4.78 is 73.1. The van der Waals surface area contributed by atoms with E-state index in [0.717, 1.165) is 38.5 Å². The molecular weight excluding hydrogens is 815 g/mol. The first-order valence-corrected chi connectivity index (χ1v) is 23.2. The molecule has 10 atom stereocenters. The zero-order chi connectivity index (χ0) is 43.8. The molecule has 4 amide bonds. The Hall–Kier alpha value is -4.35. The Labute approximate surface area is 355 Å². The van der Waals surface area contributed by atoms with E-state index in [2.05, 4.69) is 15.4 Å². The molecule has 4 saturated carbocycles. The number of alkyl carbamates (subject to hydrolysis) is 1. The van der Waals surface area contributed by atoms with Crippen LogP contribution in [0.3, 0.4) is 0 Å². The van der Waals surface area contributed by atoms with Gasteiger partial charge in [0.15, 0.2) is 0 Å². The van der Waals surface area contributed by atoms with Crippen LogP contribution in [0.4, 0.5) is 13.6 Å². The highest BCUT2D eigenvalue weighted by molar-refractivity contribution is 7.91. The van der Waals surface area contributed by atoms with Crippen LogP contribution in [0.5, 0.6) is 11.6 Å². The van der Waals surface area contributed by atoms with Gasteiger partial charge in [-0.15, -0.1) is 0 Å². The predicted molar refractivity (Wildman–Crippen MR) is 218 cm³/mol. The second-order valence-corrected chi connectivity index (χ2v) is 21.9. The molecule has 8 rings (SSSR count). The first kappa shape index (κ1) is 43.3. The van der Waals surface area contributed by atoms with Crippen molar-refractivity contribution >= 4 is 44.9 Å². The fourth-order valence-electron chi connectivity index (χ4n) is 9.99. The van der Waals surface area contributed by atoms with Gasteiger partial charge in [-0.1, -0.05) is 40.5 Å². The van der Waals surface area contributed by atoms with Crippen LogP contribution < -0.4 is 24.8 Å². The molecule has 61 heavy (non-hydrogen) atoms. The zero-order valence-electron chi connectivity index (χ0n) is 35.7. The number of alkyl halides is 2. The average Bonchev–Trinajstić information content (AvgIpc) is 4.14. The summed E-state index contributed by atoms with van der Waals surface area (Å²) in [6, 6.07) is 2.82. The van der Waals surface area contributed by atoms with Crippen molar-refractivity contribution in [1.29, 1.82) is 0 Å². The molecule has 4 aliphatic carbocycles. The quantitative estimate of drug-likeness (QED) is 0.322. The number of nitrogens with zero attached hydrogens (tertiary/aromatic N) is 3. The molecule has 334 valence electrons. The van der Waals surface area contributed by atoms with Crippen molar-refractivity contribution in [2.75, 3.05) is 13.7 Å². The predicted octanol–water partition coefficient (Wildman–Crippen LogP) is 5.04. The minimum absolute atomic E-state index is 0.154. The van der Waals surface area contributed by atoms with Crippen molar-refractivity contribution in [3.05, 3.63) is 23.9 Å². The maximum Gasteiger partial charge on any atom is 0.408 e. The van der Waals surface area contributed by atoms with Crippen molar-refractivity contribution < 1.29 is 50.6 Å². The fourth-order valence-corrected chi connectivity index (χ4v) is 11.3. The first-order valence-electron chi connectivity index (χ1n) is 21.7. The number of methoxy groups -OCH3 is 1. The number of benzene rings is 1. The molecule has 1 saturated heterocycles. The van der Waals surface area contributed by atoms with Crippen LogP contribution in [0.25, 0.3) is 11.0 Å². The number of carbonyl (C=O) groups is 4. The van der Waals surface area contributed by atoms with E-state index in [4.69, 9.17) is 24.2 Å². The van der Waals surface area contributed by atoms with Crippen molar-refractivity contribution in [2.24, 2.45) is 35.0 Å². The van der Waals surface area contributed by atoms with Crippen LogP contribution in [0.1, 0.15) is 105 Å². The Morgan fingerprint density at radius 2 is 1.80 bits per heavy atom. The summed E-state index contributed by atoms with van der Waals surface area (Å²) in [7, 11) is -2.64. The third-order valence-electron chi connectivity index (χ3n) is 14.3. The molecule has 0 radical (unpaired) electrons. The Bertz CT molecular complexity index is 2200. The topological polar surface area (TPSA) is 195 Å². The summed E-state index contributed by atoms with van der Waals surface area (Å²) in [6.07, 6.45) is 0.878. The lowest BCUT2D eigenvalue weighted by Gasteiger charge is -2.36. The number of fused-ring (bicyclic) bond motifs is 7. The SMILES string of the molecule is COc1ccc2nc3c(nc2c1)O[C@H]1CN(C(=O)[C@H](C(C)(C)C)NC(=O)O[C@@H]2C[C@@H]4C[C@@H]4[C@H]2CCCCC3)[C@H](C(=O)N[C@]2(C(=O)NS(=O)(=O)C3(C)CC3)C[C@H]2CC(F)F)[C@@H]1C. The van der Waals surface area contributed by atoms with E-state index in [9.17, 15) is 36.4 Å². The first-order chi connectivity index (χ1) is 28.7. The van der Waals surface area contributed by atoms with Gasteiger partial charge < -0.3 is 29.7 Å². The normalized spacial score (nSPS) is 33.5. The summed E-state index contributed by atoms with van der Waals surface area (Å²) in [5.74, 6) is -2.40. The number of hydrogen-bond donors (Lipinski definition) is 3. The number of sulfonamides is 1. The van der Waals surface area contributed by atoms with E-state index in [0.29, 0.717) is 53.6 Å². The highest BCUT2D eigenvalue weighted by atomic mass is 32.2. The Balaban J connectivity index is 1.15. The summed E-state index contributed by atoms with van der Waals surface area (Å²) in [6.45, 7) is 8.38. The van der Waals surface area contributed by atoms with E-state index in [-0.39, 0.29) is 30.9 Å². The number of rotatable bonds is 8. The monoisotopic (exact) mass is 872 g/mol. The van der Waals surface area contributed by atoms with Gasteiger partial charge >= 0.3 is 6.09 Å². The van der Waals surface area contributed by atoms with E-state index in [1.54, 1.807) is 46.9 Å². The van der Waals surface area contributed by atoms with Crippen molar-refractivity contribution in [2.45, 2.75) is 146 Å². The van der Waals surface area contributed by atoms with Crippen LogP contribution in [0.15, 0.2) is 18.2 Å². The van der Waals surface area contributed by atoms with Gasteiger partial charge in [0.1, 0.15) is 41.3 Å². The number of halogens is 2. The summed E-state index contributed by atoms with van der Waals surface area (Å²) >= 11 is 0. The maximum absolute atomic E-state index is 15.0. The second kappa shape index (κ2) is 15.8. The molecule has 2 aliphatic heterocycles. The second-order valence-electron chi connectivity index (χ2n) is 19.7. The number of amides is 4. The number of carbonyl (C=O) groups excluding carboxylic acids is 4. The third-order valence-corrected chi connectivity index (χ3v) is 16.5. The fraction of sp³-hybridized carbons (Fsp3) is 0.721. The molecule has 18 heteroatoms. The highest BCUT2D eigenvalue weighted by Crippen LogP contribution is 2.58. The third kappa shape index (κ3) is 8.45. The summed E-state index contributed by atoms with van der Waals surface area (Å²) in [4.78, 5) is 68.4. The van der Waals surface area contributed by atoms with Gasteiger partial charge in [0.05, 0.1) is 29.4 Å². The molecule has 1 aromatic carbocycles. The van der Waals surface area contributed by atoms with Crippen LogP contribution in [-0.2, 0) is 35.6 Å². The van der Waals surface area contributed by atoms with Gasteiger partial charge in [-0.05, 0) is 99.5 Å². The lowest BCUT2D eigenvalue weighted by Crippen LogP contribution is -2.61. The van der Waals surface area contributed by atoms with Gasteiger partial charge in [0.25, 0.3) is 5.91 Å². The molecule has 6 aliphatic rings. The number of aryl methyl sites for hydroxylation is 1. The van der Waals surface area contributed by atoms with Gasteiger partial charge in [-0.25, -0.2) is 32.0 Å². The van der Waals surface area contributed by atoms with Gasteiger partial charge in [-0.2, -0.15) is 0 Å². The van der Waals surface area contributed by atoms with E-state index in [1.165, 1.54) is 11.8 Å². The van der Waals surface area contributed by atoms with Crippen molar-refractivity contribution in [1.82, 2.24) is 30.2 Å². The van der Waals surface area contributed by atoms with Crippen LogP contribution in [0.2, 0.25) is 0 Å². The Morgan fingerprint density at radius 3 is 2.49 bits per heavy atom. The highest BCUT2D eigenvalue weighted by Gasteiger charge is 2.65. The van der Waals surface area contributed by atoms with Gasteiger partial charge in [0.2, 0.25) is 34.1 Å². The van der Waals surface area contributed by atoms with E-state index < -0.39 is 92.4 Å². The van der Waals surface area contributed by atoms with E-state index >= 15 is 0 Å². The molecule has 3 N–H and O–H groups in total. The number of aromatic nitrogens is 2. The van der Waals surface area contributed by atoms with E-state index in [1.807, 2.05) is 6.07 Å². The minimum Gasteiger partial charge on any atom is -0.497 e. The Kier molecular flexibility index (Phi) is 11.2. The Morgan fingerprint density at radius 1 is 1.05 bits per heavy atom. The van der Waals surface area contributed by atoms with Gasteiger partial charge in [0, 0.05) is 18.4 Å². The standard InChI is InChI=1S/C43H58F2N6O9S/c1-22-32-21-51(34(22)36(52)49-43(20-24(43)18-33(44)45)39(54)50-61(56,57)42(5)14-15-42)38(53)35(41(2,3)4)48-40(55)60-31-17-23-16-27(23)26(31)10-8-7-9-11-29-37(59-32)47-30-19-25(58-6)12-13-28(30)46-29/h12-13,19,22-24,26-27,31-35H,7-11,14-18,20-21H2,1-6H3,(H,48,55)(H,49,52)(H,50,54)/t22-,23+,24-,26-,27+,31-,32+,34+,35-,43-/m1/s1. The largest absolute Gasteiger partial charge is 0.497 e. The van der Waals surface area contributed by atoms with Crippen molar-refractivity contribution in [3.63, 3.8) is 0 Å². The number of hydrogen-bond acceptors (Lipinski definition) is 11. The van der Waals surface area contributed by atoms with Crippen LogP contribution in [-0.4, -0.2) is 102 Å². The van der Waals surface area contributed by atoms with Gasteiger partial charge in [-0.3, -0.25) is 19.1 Å².